The lowest BCUT2D eigenvalue weighted by Crippen LogP contribution is -2.45. The molecular formula is C21H26N6O3S. The first-order chi connectivity index (χ1) is 14.9. The SMILES string of the molecule is CCn1c(=O)[nH]c2cc(CN3CCN(c4sc(C(=O)NC)nc4C)CC3)ccc2c1=O. The number of rotatable bonds is 5. The Morgan fingerprint density at radius 3 is 2.65 bits per heavy atom. The highest BCUT2D eigenvalue weighted by molar-refractivity contribution is 7.17. The molecule has 2 N–H and O–H groups in total. The molecule has 2 aromatic heterocycles. The number of nitrogens with zero attached hydrogens (tertiary/aromatic N) is 4. The molecule has 0 unspecified atom stereocenters. The second kappa shape index (κ2) is 8.64. The molecule has 1 aliphatic rings. The summed E-state index contributed by atoms with van der Waals surface area (Å²) in [6, 6.07) is 5.65. The van der Waals surface area contributed by atoms with Crippen LogP contribution in [0.3, 0.4) is 0 Å². The summed E-state index contributed by atoms with van der Waals surface area (Å²) in [6.07, 6.45) is 0. The molecule has 0 radical (unpaired) electrons. The Morgan fingerprint density at radius 1 is 1.23 bits per heavy atom. The summed E-state index contributed by atoms with van der Waals surface area (Å²) in [5, 5.41) is 4.69. The number of H-pyrrole nitrogens is 1. The number of benzene rings is 1. The predicted octanol–water partition coefficient (Wildman–Crippen LogP) is 1.16. The first-order valence-electron chi connectivity index (χ1n) is 10.3. The van der Waals surface area contributed by atoms with Crippen molar-refractivity contribution in [1.82, 2.24) is 24.8 Å². The largest absolute Gasteiger partial charge is 0.359 e. The molecular weight excluding hydrogens is 416 g/mol. The fourth-order valence-corrected chi connectivity index (χ4v) is 5.01. The molecule has 10 heteroatoms. The summed E-state index contributed by atoms with van der Waals surface area (Å²) in [7, 11) is 1.61. The molecule has 3 heterocycles. The normalized spacial score (nSPS) is 14.9. The molecule has 0 atom stereocenters. The van der Waals surface area contributed by atoms with E-state index in [4.69, 9.17) is 0 Å². The standard InChI is InChI=1S/C21H26N6O3S/c1-4-27-19(29)15-6-5-14(11-16(15)24-21(27)30)12-25-7-9-26(10-8-25)20-13(2)23-18(31-20)17(28)22-3/h5-6,11H,4,7-10,12H2,1-3H3,(H,22,28)(H,24,30). The molecule has 31 heavy (non-hydrogen) atoms. The van der Waals surface area contributed by atoms with Crippen LogP contribution in [0.2, 0.25) is 0 Å². The van der Waals surface area contributed by atoms with E-state index >= 15 is 0 Å². The minimum absolute atomic E-state index is 0.155. The molecule has 0 saturated carbocycles. The maximum absolute atomic E-state index is 12.4. The quantitative estimate of drug-likeness (QED) is 0.615. The summed E-state index contributed by atoms with van der Waals surface area (Å²) in [4.78, 5) is 48.2. The summed E-state index contributed by atoms with van der Waals surface area (Å²) < 4.78 is 1.21. The van der Waals surface area contributed by atoms with E-state index in [1.807, 2.05) is 19.1 Å². The lowest BCUT2D eigenvalue weighted by atomic mass is 10.1. The number of piperazine rings is 1. The Balaban J connectivity index is 1.45. The smallest absolute Gasteiger partial charge is 0.328 e. The highest BCUT2D eigenvalue weighted by Crippen LogP contribution is 2.29. The maximum atomic E-state index is 12.4. The Bertz CT molecular complexity index is 1240. The van der Waals surface area contributed by atoms with Gasteiger partial charge in [-0.2, -0.15) is 0 Å². The number of nitrogens with one attached hydrogen (secondary N) is 2. The van der Waals surface area contributed by atoms with E-state index < -0.39 is 0 Å². The number of carbonyl (C=O) groups excluding carboxylic acids is 1. The Hall–Kier alpha value is -2.98. The van der Waals surface area contributed by atoms with Crippen molar-refractivity contribution in [3.05, 3.63) is 55.3 Å². The van der Waals surface area contributed by atoms with Gasteiger partial charge in [0, 0.05) is 46.3 Å². The van der Waals surface area contributed by atoms with E-state index in [-0.39, 0.29) is 17.2 Å². The van der Waals surface area contributed by atoms with Gasteiger partial charge < -0.3 is 15.2 Å². The van der Waals surface area contributed by atoms with Gasteiger partial charge in [0.15, 0.2) is 5.01 Å². The van der Waals surface area contributed by atoms with E-state index in [1.165, 1.54) is 15.9 Å². The molecule has 3 aromatic rings. The summed E-state index contributed by atoms with van der Waals surface area (Å²) in [5.74, 6) is -0.155. The monoisotopic (exact) mass is 442 g/mol. The van der Waals surface area contributed by atoms with E-state index in [0.717, 1.165) is 49.0 Å². The van der Waals surface area contributed by atoms with Crippen molar-refractivity contribution in [2.45, 2.75) is 26.9 Å². The Labute approximate surface area is 183 Å². The number of aromatic nitrogens is 3. The third kappa shape index (κ3) is 4.13. The molecule has 0 aliphatic carbocycles. The average Bonchev–Trinajstić information content (AvgIpc) is 3.15. The van der Waals surface area contributed by atoms with Gasteiger partial charge >= 0.3 is 5.69 Å². The topological polar surface area (TPSA) is 103 Å². The third-order valence-corrected chi connectivity index (χ3v) is 6.84. The lowest BCUT2D eigenvalue weighted by Gasteiger charge is -2.35. The number of hydrogen-bond acceptors (Lipinski definition) is 7. The second-order valence-corrected chi connectivity index (χ2v) is 8.59. The molecule has 0 spiro atoms. The van der Waals surface area contributed by atoms with Gasteiger partial charge in [0.2, 0.25) is 0 Å². The number of thiazole rings is 1. The summed E-state index contributed by atoms with van der Waals surface area (Å²) in [6.45, 7) is 8.26. The van der Waals surface area contributed by atoms with Gasteiger partial charge in [-0.1, -0.05) is 17.4 Å². The van der Waals surface area contributed by atoms with Crippen LogP contribution in [-0.4, -0.2) is 58.6 Å². The zero-order chi connectivity index (χ0) is 22.1. The third-order valence-electron chi connectivity index (χ3n) is 5.62. The molecule has 4 rings (SSSR count). The number of anilines is 1. The number of carbonyl (C=O) groups is 1. The van der Waals surface area contributed by atoms with Crippen LogP contribution >= 0.6 is 11.3 Å². The zero-order valence-electron chi connectivity index (χ0n) is 17.9. The molecule has 1 aliphatic heterocycles. The van der Waals surface area contributed by atoms with Crippen molar-refractivity contribution < 1.29 is 4.79 Å². The van der Waals surface area contributed by atoms with E-state index in [0.29, 0.717) is 22.5 Å². The van der Waals surface area contributed by atoms with Gasteiger partial charge in [0.25, 0.3) is 11.5 Å². The average molecular weight is 443 g/mol. The van der Waals surface area contributed by atoms with Gasteiger partial charge in [-0.15, -0.1) is 0 Å². The van der Waals surface area contributed by atoms with Crippen molar-refractivity contribution in [3.63, 3.8) is 0 Å². The van der Waals surface area contributed by atoms with E-state index in [2.05, 4.69) is 25.1 Å². The van der Waals surface area contributed by atoms with Crippen LogP contribution in [0.25, 0.3) is 10.9 Å². The molecule has 1 amide bonds. The van der Waals surface area contributed by atoms with Gasteiger partial charge in [-0.25, -0.2) is 9.78 Å². The number of aryl methyl sites for hydroxylation is 1. The van der Waals surface area contributed by atoms with Gasteiger partial charge in [0.05, 0.1) is 16.6 Å². The van der Waals surface area contributed by atoms with Crippen molar-refractivity contribution in [2.75, 3.05) is 38.1 Å². The molecule has 1 fully saturated rings. The minimum Gasteiger partial charge on any atom is -0.359 e. The minimum atomic E-state index is -0.373. The van der Waals surface area contributed by atoms with Crippen LogP contribution in [0.15, 0.2) is 27.8 Å². The predicted molar refractivity (Wildman–Crippen MR) is 122 cm³/mol. The highest BCUT2D eigenvalue weighted by atomic mass is 32.1. The first-order valence-corrected chi connectivity index (χ1v) is 11.2. The van der Waals surface area contributed by atoms with Gasteiger partial charge in [-0.3, -0.25) is 19.1 Å². The molecule has 1 saturated heterocycles. The van der Waals surface area contributed by atoms with Crippen LogP contribution in [0, 0.1) is 6.92 Å². The van der Waals surface area contributed by atoms with E-state index in [9.17, 15) is 14.4 Å². The second-order valence-electron chi connectivity index (χ2n) is 7.61. The number of amides is 1. The molecule has 9 nitrogen and oxygen atoms in total. The highest BCUT2D eigenvalue weighted by Gasteiger charge is 2.22. The molecule has 1 aromatic carbocycles. The van der Waals surface area contributed by atoms with Crippen LogP contribution in [0.4, 0.5) is 5.00 Å². The summed E-state index contributed by atoms with van der Waals surface area (Å²) >= 11 is 1.43. The van der Waals surface area contributed by atoms with Crippen LogP contribution in [-0.2, 0) is 13.1 Å². The Kier molecular flexibility index (Phi) is 5.92. The summed E-state index contributed by atoms with van der Waals surface area (Å²) in [5.41, 5.74) is 1.89. The first kappa shape index (κ1) is 21.3. The van der Waals surface area contributed by atoms with Crippen molar-refractivity contribution in [2.24, 2.45) is 0 Å². The number of fused-ring (bicyclic) bond motifs is 1. The fourth-order valence-electron chi connectivity index (χ4n) is 3.94. The van der Waals surface area contributed by atoms with Crippen LogP contribution < -0.4 is 21.5 Å². The maximum Gasteiger partial charge on any atom is 0.328 e. The van der Waals surface area contributed by atoms with Crippen molar-refractivity contribution in [1.29, 1.82) is 0 Å². The molecule has 164 valence electrons. The van der Waals surface area contributed by atoms with Crippen LogP contribution in [0.1, 0.15) is 28.0 Å². The number of hydrogen-bond donors (Lipinski definition) is 2. The van der Waals surface area contributed by atoms with Crippen LogP contribution in [0.5, 0.6) is 0 Å². The number of aromatic amines is 1. The lowest BCUT2D eigenvalue weighted by molar-refractivity contribution is 0.0962. The molecule has 0 bridgehead atoms. The van der Waals surface area contributed by atoms with Crippen molar-refractivity contribution in [3.8, 4) is 0 Å². The van der Waals surface area contributed by atoms with E-state index in [1.54, 1.807) is 20.0 Å². The Morgan fingerprint density at radius 2 is 1.97 bits per heavy atom. The van der Waals surface area contributed by atoms with Gasteiger partial charge in [0.1, 0.15) is 5.00 Å². The van der Waals surface area contributed by atoms with Crippen molar-refractivity contribution >= 4 is 33.1 Å². The zero-order valence-corrected chi connectivity index (χ0v) is 18.7. The van der Waals surface area contributed by atoms with Gasteiger partial charge in [-0.05, 0) is 31.5 Å². The fraction of sp³-hybridized carbons (Fsp3) is 0.429.